The van der Waals surface area contributed by atoms with Crippen molar-refractivity contribution in [3.05, 3.63) is 119 Å². The van der Waals surface area contributed by atoms with Crippen LogP contribution in [0.3, 0.4) is 0 Å². The molecule has 0 spiro atoms. The second kappa shape index (κ2) is 7.24. The van der Waals surface area contributed by atoms with Crippen molar-refractivity contribution in [3.8, 4) is 0 Å². The molecule has 0 radical (unpaired) electrons. The minimum absolute atomic E-state index is 0.684. The Morgan fingerprint density at radius 2 is 0.621 bits per heavy atom. The average molecular weight is 380 g/mol. The highest BCUT2D eigenvalue weighted by atomic mass is 14.6. The number of hydrogen-bond acceptors (Lipinski definition) is 4. The molecule has 0 aliphatic heterocycles. The van der Waals surface area contributed by atoms with Crippen LogP contribution in [-0.2, 0) is 5.41 Å². The molecule has 4 aromatic rings. The number of rotatable bonds is 4. The number of nitrogen functional groups attached to an aromatic ring is 4. The third-order valence-electron chi connectivity index (χ3n) is 5.28. The van der Waals surface area contributed by atoms with Gasteiger partial charge in [0, 0.05) is 22.7 Å². The number of nitrogens with two attached hydrogens (primary N) is 4. The van der Waals surface area contributed by atoms with Gasteiger partial charge in [0.2, 0.25) is 0 Å². The number of hydrogen-bond donors (Lipinski definition) is 4. The van der Waals surface area contributed by atoms with Gasteiger partial charge < -0.3 is 22.9 Å². The van der Waals surface area contributed by atoms with Gasteiger partial charge in [0.05, 0.1) is 5.41 Å². The van der Waals surface area contributed by atoms with Crippen LogP contribution >= 0.6 is 0 Å². The summed E-state index contributed by atoms with van der Waals surface area (Å²) in [5.74, 6) is 0. The summed E-state index contributed by atoms with van der Waals surface area (Å²) in [7, 11) is 0. The van der Waals surface area contributed by atoms with E-state index in [1.807, 2.05) is 72.8 Å². The molecule has 0 aliphatic carbocycles. The van der Waals surface area contributed by atoms with Crippen molar-refractivity contribution < 1.29 is 0 Å². The van der Waals surface area contributed by atoms with Gasteiger partial charge in [0.1, 0.15) is 0 Å². The standard InChI is InChI=1S/C25H24N4/c26-21-9-1-5-17(13-21)25(18-6-2-10-22(27)14-18,19-7-3-11-23(28)15-19)20-8-4-12-24(29)16-20/h1-16H,26-29H2. The Morgan fingerprint density at radius 1 is 0.379 bits per heavy atom. The average Bonchev–Trinajstić information content (AvgIpc) is 2.69. The number of benzene rings is 4. The van der Waals surface area contributed by atoms with E-state index in [1.165, 1.54) is 0 Å². The molecule has 0 unspecified atom stereocenters. The summed E-state index contributed by atoms with van der Waals surface area (Å²) in [6, 6.07) is 31.7. The molecule has 0 saturated carbocycles. The number of anilines is 4. The molecule has 4 rings (SSSR count). The SMILES string of the molecule is Nc1cccc(C(c2cccc(N)c2)(c2cccc(N)c2)c2cccc(N)c2)c1. The van der Waals surface area contributed by atoms with E-state index in [4.69, 9.17) is 22.9 Å². The largest absolute Gasteiger partial charge is 0.399 e. The van der Waals surface area contributed by atoms with Crippen LogP contribution in [0.2, 0.25) is 0 Å². The normalized spacial score (nSPS) is 11.3. The van der Waals surface area contributed by atoms with Gasteiger partial charge in [-0.15, -0.1) is 0 Å². The second-order valence-electron chi connectivity index (χ2n) is 7.25. The Balaban J connectivity index is 2.19. The van der Waals surface area contributed by atoms with Gasteiger partial charge in [-0.3, -0.25) is 0 Å². The monoisotopic (exact) mass is 380 g/mol. The van der Waals surface area contributed by atoms with Gasteiger partial charge >= 0.3 is 0 Å². The Hall–Kier alpha value is -3.92. The summed E-state index contributed by atoms with van der Waals surface area (Å²) in [6.07, 6.45) is 0. The summed E-state index contributed by atoms with van der Waals surface area (Å²) in [6.45, 7) is 0. The molecular weight excluding hydrogens is 356 g/mol. The molecular formula is C25H24N4. The Bertz CT molecular complexity index is 979. The van der Waals surface area contributed by atoms with Crippen LogP contribution in [0.4, 0.5) is 22.7 Å². The predicted molar refractivity (Wildman–Crippen MR) is 122 cm³/mol. The lowest BCUT2D eigenvalue weighted by Crippen LogP contribution is -2.31. The zero-order chi connectivity index (χ0) is 20.4. The van der Waals surface area contributed by atoms with Crippen molar-refractivity contribution in [1.82, 2.24) is 0 Å². The molecule has 0 amide bonds. The van der Waals surface area contributed by atoms with E-state index >= 15 is 0 Å². The first kappa shape index (κ1) is 18.4. The molecule has 4 heteroatoms. The van der Waals surface area contributed by atoms with E-state index in [0.717, 1.165) is 22.3 Å². The molecule has 8 N–H and O–H groups in total. The van der Waals surface area contributed by atoms with Crippen molar-refractivity contribution >= 4 is 22.7 Å². The van der Waals surface area contributed by atoms with Crippen LogP contribution in [-0.4, -0.2) is 0 Å². The van der Waals surface area contributed by atoms with Crippen LogP contribution in [0.15, 0.2) is 97.1 Å². The first-order valence-electron chi connectivity index (χ1n) is 9.44. The van der Waals surface area contributed by atoms with Crippen molar-refractivity contribution in [1.29, 1.82) is 0 Å². The molecule has 144 valence electrons. The fraction of sp³-hybridized carbons (Fsp3) is 0.0400. The highest BCUT2D eigenvalue weighted by Gasteiger charge is 2.39. The minimum Gasteiger partial charge on any atom is -0.399 e. The van der Waals surface area contributed by atoms with E-state index in [2.05, 4.69) is 24.3 Å². The molecule has 0 heterocycles. The summed E-state index contributed by atoms with van der Waals surface area (Å²) in [4.78, 5) is 0. The van der Waals surface area contributed by atoms with Crippen LogP contribution in [0.25, 0.3) is 0 Å². The lowest BCUT2D eigenvalue weighted by atomic mass is 9.65. The third kappa shape index (κ3) is 3.25. The lowest BCUT2D eigenvalue weighted by molar-refractivity contribution is 0.747. The van der Waals surface area contributed by atoms with Crippen LogP contribution in [0.5, 0.6) is 0 Å². The Kier molecular flexibility index (Phi) is 4.61. The molecule has 0 saturated heterocycles. The van der Waals surface area contributed by atoms with E-state index in [-0.39, 0.29) is 0 Å². The quantitative estimate of drug-likeness (QED) is 0.311. The lowest BCUT2D eigenvalue weighted by Gasteiger charge is -2.37. The first-order valence-corrected chi connectivity index (χ1v) is 9.44. The Morgan fingerprint density at radius 3 is 0.828 bits per heavy atom. The second-order valence-corrected chi connectivity index (χ2v) is 7.25. The topological polar surface area (TPSA) is 104 Å². The van der Waals surface area contributed by atoms with Crippen molar-refractivity contribution in [2.24, 2.45) is 0 Å². The van der Waals surface area contributed by atoms with Gasteiger partial charge in [-0.25, -0.2) is 0 Å². The fourth-order valence-electron chi connectivity index (χ4n) is 4.09. The van der Waals surface area contributed by atoms with Crippen molar-refractivity contribution in [2.75, 3.05) is 22.9 Å². The van der Waals surface area contributed by atoms with Crippen LogP contribution in [0.1, 0.15) is 22.3 Å². The van der Waals surface area contributed by atoms with Crippen LogP contribution in [0, 0.1) is 0 Å². The van der Waals surface area contributed by atoms with Crippen molar-refractivity contribution in [3.63, 3.8) is 0 Å². The smallest absolute Gasteiger partial charge is 0.0704 e. The maximum Gasteiger partial charge on any atom is 0.0704 e. The molecule has 0 atom stereocenters. The zero-order valence-corrected chi connectivity index (χ0v) is 16.0. The summed E-state index contributed by atoms with van der Waals surface area (Å²) in [5.41, 5.74) is 30.9. The summed E-state index contributed by atoms with van der Waals surface area (Å²) in [5, 5.41) is 0. The molecule has 29 heavy (non-hydrogen) atoms. The van der Waals surface area contributed by atoms with Gasteiger partial charge in [-0.1, -0.05) is 48.5 Å². The minimum atomic E-state index is -0.685. The van der Waals surface area contributed by atoms with Gasteiger partial charge in [0.15, 0.2) is 0 Å². The molecule has 4 aromatic carbocycles. The summed E-state index contributed by atoms with van der Waals surface area (Å²) < 4.78 is 0. The van der Waals surface area contributed by atoms with Gasteiger partial charge in [0.25, 0.3) is 0 Å². The van der Waals surface area contributed by atoms with E-state index < -0.39 is 5.41 Å². The maximum atomic E-state index is 6.21. The molecule has 0 bridgehead atoms. The molecule has 0 aromatic heterocycles. The first-order chi connectivity index (χ1) is 14.0. The summed E-state index contributed by atoms with van der Waals surface area (Å²) >= 11 is 0. The predicted octanol–water partition coefficient (Wildman–Crippen LogP) is 4.40. The molecule has 0 aliphatic rings. The molecule has 0 fully saturated rings. The Labute approximate surface area is 170 Å². The maximum absolute atomic E-state index is 6.21. The van der Waals surface area contributed by atoms with E-state index in [1.54, 1.807) is 0 Å². The highest BCUT2D eigenvalue weighted by Crippen LogP contribution is 2.46. The van der Waals surface area contributed by atoms with Crippen molar-refractivity contribution in [2.45, 2.75) is 5.41 Å². The van der Waals surface area contributed by atoms with Gasteiger partial charge in [-0.05, 0) is 70.8 Å². The van der Waals surface area contributed by atoms with E-state index in [9.17, 15) is 0 Å². The third-order valence-corrected chi connectivity index (χ3v) is 5.28. The van der Waals surface area contributed by atoms with E-state index in [0.29, 0.717) is 22.7 Å². The highest BCUT2D eigenvalue weighted by molar-refractivity contribution is 5.66. The van der Waals surface area contributed by atoms with Crippen LogP contribution < -0.4 is 22.9 Å². The zero-order valence-electron chi connectivity index (χ0n) is 16.0. The van der Waals surface area contributed by atoms with Gasteiger partial charge in [-0.2, -0.15) is 0 Å². The fourth-order valence-corrected chi connectivity index (χ4v) is 4.09. The molecule has 4 nitrogen and oxygen atoms in total.